The van der Waals surface area contributed by atoms with Crippen molar-refractivity contribution in [2.45, 2.75) is 0 Å². The van der Waals surface area contributed by atoms with Crippen LogP contribution in [0.5, 0.6) is 0 Å². The lowest BCUT2D eigenvalue weighted by Gasteiger charge is -2.38. The minimum Gasteiger partial charge on any atom is -0.309 e. The molecule has 0 unspecified atom stereocenters. The number of para-hydroxylation sites is 3. The molecule has 11 aromatic rings. The van der Waals surface area contributed by atoms with Gasteiger partial charge in [-0.1, -0.05) is 218 Å². The summed E-state index contributed by atoms with van der Waals surface area (Å²) >= 11 is 0. The fourth-order valence-electron chi connectivity index (χ4n) is 11.6. The van der Waals surface area contributed by atoms with Crippen molar-refractivity contribution in [2.75, 3.05) is 10.0 Å². The number of hydrogen-bond donors (Lipinski definition) is 0. The molecule has 13 rings (SSSR count). The van der Waals surface area contributed by atoms with E-state index in [-0.39, 0.29) is 0 Å². The third kappa shape index (κ3) is 6.42. The first-order chi connectivity index (χ1) is 34.7. The number of anilines is 3. The smallest absolute Gasteiger partial charge is 0.179 e. The summed E-state index contributed by atoms with van der Waals surface area (Å²) in [5.74, 6) is 0. The molecule has 332 valence electrons. The first-order valence-corrected chi connectivity index (χ1v) is 28.1. The molecule has 10 aromatic carbocycles. The number of hydrogen-bond acceptors (Lipinski definition) is 3. The second-order valence-electron chi connectivity index (χ2n) is 18.2. The maximum Gasteiger partial charge on any atom is 0.179 e. The molecule has 0 fully saturated rings. The third-order valence-corrected chi connectivity index (χ3v) is 24.0. The zero-order valence-electron chi connectivity index (χ0n) is 38.5. The standard InChI is InChI=1S/C64H48N4Si2/c1-7-25-51(26-8-1)69(52-27-9-2-10-28-52,53-29-11-3-12-30-53)57-45-50(46-58(48-57)70(54-31-13-4-14-32-54,55-33-15-5-16-34-55)56-35-17-6-18-36-56)67-61-38-20-19-37-59(61)60-47-49(41-42-62(60)67)68-64-40-22-21-39-63(64)65-43-23-24-44-66(65)68/h1-48H. The molecule has 0 spiro atoms. The number of hydrazine groups is 2. The van der Waals surface area contributed by atoms with E-state index in [2.05, 4.69) is 311 Å². The van der Waals surface area contributed by atoms with E-state index in [1.807, 2.05) is 0 Å². The van der Waals surface area contributed by atoms with Crippen LogP contribution in [0.3, 0.4) is 0 Å². The Morgan fingerprint density at radius 3 is 1.16 bits per heavy atom. The molecule has 1 aromatic heterocycles. The largest absolute Gasteiger partial charge is 0.309 e. The Morgan fingerprint density at radius 1 is 0.271 bits per heavy atom. The molecular formula is C64H48N4Si2. The highest BCUT2D eigenvalue weighted by Crippen LogP contribution is 2.46. The second-order valence-corrected chi connectivity index (χ2v) is 25.8. The lowest BCUT2D eigenvalue weighted by atomic mass is 10.1. The summed E-state index contributed by atoms with van der Waals surface area (Å²) < 4.78 is 2.55. The molecule has 0 saturated carbocycles. The van der Waals surface area contributed by atoms with Crippen LogP contribution in [0.2, 0.25) is 0 Å². The van der Waals surface area contributed by atoms with Gasteiger partial charge in [0.25, 0.3) is 0 Å². The average Bonchev–Trinajstić information content (AvgIpc) is 3.96. The van der Waals surface area contributed by atoms with E-state index in [0.717, 1.165) is 28.3 Å². The third-order valence-electron chi connectivity index (χ3n) is 14.5. The molecule has 0 amide bonds. The van der Waals surface area contributed by atoms with Crippen LogP contribution in [0.4, 0.5) is 17.1 Å². The number of rotatable bonds is 10. The van der Waals surface area contributed by atoms with Crippen LogP contribution < -0.4 is 51.5 Å². The molecule has 0 aliphatic carbocycles. The summed E-state index contributed by atoms with van der Waals surface area (Å²) in [7, 11) is -6.18. The lowest BCUT2D eigenvalue weighted by Crippen LogP contribution is -2.78. The van der Waals surface area contributed by atoms with E-state index >= 15 is 0 Å². The van der Waals surface area contributed by atoms with Crippen molar-refractivity contribution < 1.29 is 0 Å². The van der Waals surface area contributed by atoms with Crippen molar-refractivity contribution in [3.05, 3.63) is 291 Å². The molecule has 6 heteroatoms. The van der Waals surface area contributed by atoms with E-state index in [1.54, 1.807) is 0 Å². The zero-order valence-corrected chi connectivity index (χ0v) is 40.5. The number of allylic oxidation sites excluding steroid dienone is 2. The van der Waals surface area contributed by atoms with Gasteiger partial charge in [-0.25, -0.2) is 10.0 Å². The predicted octanol–water partition coefficient (Wildman–Crippen LogP) is 9.67. The average molecular weight is 929 g/mol. The van der Waals surface area contributed by atoms with Gasteiger partial charge in [0.1, 0.15) is 0 Å². The first kappa shape index (κ1) is 41.5. The number of aromatic nitrogens is 1. The van der Waals surface area contributed by atoms with Crippen LogP contribution in [0.25, 0.3) is 27.5 Å². The van der Waals surface area contributed by atoms with Gasteiger partial charge in [-0.3, -0.25) is 0 Å². The van der Waals surface area contributed by atoms with E-state index in [1.165, 1.54) is 57.8 Å². The molecule has 70 heavy (non-hydrogen) atoms. The van der Waals surface area contributed by atoms with E-state index in [0.29, 0.717) is 0 Å². The minimum atomic E-state index is -3.09. The number of benzene rings is 10. The summed E-state index contributed by atoms with van der Waals surface area (Å²) in [6.45, 7) is 0. The van der Waals surface area contributed by atoms with Crippen molar-refractivity contribution in [3.63, 3.8) is 0 Å². The highest BCUT2D eigenvalue weighted by atomic mass is 28.3. The van der Waals surface area contributed by atoms with Crippen LogP contribution >= 0.6 is 0 Å². The van der Waals surface area contributed by atoms with Gasteiger partial charge < -0.3 is 4.57 Å². The molecule has 2 aliphatic heterocycles. The Kier molecular flexibility index (Phi) is 10.2. The topological polar surface area (TPSA) is 14.7 Å². The Morgan fingerprint density at radius 2 is 0.671 bits per heavy atom. The molecule has 2 aliphatic rings. The monoisotopic (exact) mass is 928 g/mol. The molecule has 4 nitrogen and oxygen atoms in total. The Labute approximate surface area is 411 Å². The Bertz CT molecular complexity index is 3390. The van der Waals surface area contributed by atoms with Gasteiger partial charge in [-0.05, 0) is 102 Å². The van der Waals surface area contributed by atoms with E-state index in [4.69, 9.17) is 0 Å². The summed E-state index contributed by atoms with van der Waals surface area (Å²) in [6, 6.07) is 101. The zero-order chi connectivity index (χ0) is 46.5. The highest BCUT2D eigenvalue weighted by molar-refractivity contribution is 7.22. The van der Waals surface area contributed by atoms with Crippen molar-refractivity contribution in [1.29, 1.82) is 0 Å². The Hall–Kier alpha value is -8.69. The maximum absolute atomic E-state index is 3.09. The van der Waals surface area contributed by atoms with Crippen LogP contribution in [-0.4, -0.2) is 25.8 Å². The first-order valence-electron chi connectivity index (χ1n) is 24.1. The second kappa shape index (κ2) is 17.1. The van der Waals surface area contributed by atoms with Gasteiger partial charge in [0.15, 0.2) is 16.1 Å². The quantitative estimate of drug-likeness (QED) is 0.100. The molecule has 3 heterocycles. The van der Waals surface area contributed by atoms with Crippen molar-refractivity contribution in [3.8, 4) is 5.69 Å². The van der Waals surface area contributed by atoms with Crippen LogP contribution in [0.15, 0.2) is 291 Å². The molecular weight excluding hydrogens is 881 g/mol. The summed E-state index contributed by atoms with van der Waals surface area (Å²) in [5.41, 5.74) is 6.83. The molecule has 0 N–H and O–H groups in total. The SMILES string of the molecule is C1=CN2c3ccccc3N(c3ccc4c(c3)c3ccccc3n4-c3cc([Si](c4ccccc4)(c4ccccc4)c4ccccc4)cc([Si](c4ccccc4)(c4ccccc4)c4ccccc4)c3)N2C=C1. The van der Waals surface area contributed by atoms with E-state index in [9.17, 15) is 0 Å². The maximum atomic E-state index is 2.64. The molecule has 0 bridgehead atoms. The van der Waals surface area contributed by atoms with E-state index < -0.39 is 16.1 Å². The minimum absolute atomic E-state index is 1.09. The number of fused-ring (bicyclic) bond motifs is 6. The van der Waals surface area contributed by atoms with Crippen molar-refractivity contribution >= 4 is 96.5 Å². The summed E-state index contributed by atoms with van der Waals surface area (Å²) in [6.07, 6.45) is 8.44. The molecule has 0 atom stereocenters. The highest BCUT2D eigenvalue weighted by Gasteiger charge is 2.46. The summed E-state index contributed by atoms with van der Waals surface area (Å²) in [4.78, 5) is 0. The van der Waals surface area contributed by atoms with Crippen molar-refractivity contribution in [2.24, 2.45) is 0 Å². The van der Waals surface area contributed by atoms with Gasteiger partial charge in [0.05, 0.1) is 28.1 Å². The van der Waals surface area contributed by atoms with Crippen LogP contribution in [-0.2, 0) is 0 Å². The lowest BCUT2D eigenvalue weighted by molar-refractivity contribution is 0.408. The van der Waals surface area contributed by atoms with Gasteiger partial charge in [-0.2, -0.15) is 5.12 Å². The van der Waals surface area contributed by atoms with Gasteiger partial charge in [-0.15, -0.1) is 0 Å². The predicted molar refractivity (Wildman–Crippen MR) is 299 cm³/mol. The fraction of sp³-hybridized carbons (Fsp3) is 0. The van der Waals surface area contributed by atoms with Crippen LogP contribution in [0.1, 0.15) is 0 Å². The molecule has 0 saturated heterocycles. The van der Waals surface area contributed by atoms with Crippen molar-refractivity contribution in [1.82, 2.24) is 9.69 Å². The summed E-state index contributed by atoms with van der Waals surface area (Å²) in [5, 5.41) is 19.9. The van der Waals surface area contributed by atoms with Gasteiger partial charge in [0.2, 0.25) is 0 Å². The molecule has 0 radical (unpaired) electrons. The van der Waals surface area contributed by atoms with Gasteiger partial charge in [0, 0.05) is 28.9 Å². The fourth-order valence-corrected chi connectivity index (χ4v) is 21.4. The Balaban J connectivity index is 1.17. The van der Waals surface area contributed by atoms with Gasteiger partial charge >= 0.3 is 0 Å². The normalized spacial score (nSPS) is 13.2. The van der Waals surface area contributed by atoms with Crippen LogP contribution in [0, 0.1) is 0 Å². The number of nitrogens with zero attached hydrogens (tertiary/aromatic N) is 4.